The van der Waals surface area contributed by atoms with Gasteiger partial charge in [0.1, 0.15) is 0 Å². The predicted octanol–water partition coefficient (Wildman–Crippen LogP) is 2.60. The van der Waals surface area contributed by atoms with E-state index in [2.05, 4.69) is 31.4 Å². The van der Waals surface area contributed by atoms with Crippen molar-refractivity contribution in [2.24, 2.45) is 0 Å². The molecule has 0 aromatic rings. The van der Waals surface area contributed by atoms with E-state index in [1.807, 2.05) is 12.2 Å². The quantitative estimate of drug-likeness (QED) is 0.386. The Morgan fingerprint density at radius 1 is 1.00 bits per heavy atom. The van der Waals surface area contributed by atoms with Crippen LogP contribution in [-0.4, -0.2) is 28.6 Å². The Kier molecular flexibility index (Phi) is 5.95. The molecule has 0 rings (SSSR count). The first-order valence-corrected chi connectivity index (χ1v) is 7.99. The van der Waals surface area contributed by atoms with Crippen molar-refractivity contribution in [2.45, 2.75) is 25.9 Å². The highest BCUT2D eigenvalue weighted by Crippen LogP contribution is 2.02. The number of hydrogen-bond acceptors (Lipinski definition) is 2. The van der Waals surface area contributed by atoms with Gasteiger partial charge in [0.2, 0.25) is 0 Å². The van der Waals surface area contributed by atoms with E-state index >= 15 is 0 Å². The zero-order valence-electron chi connectivity index (χ0n) is 9.20. The second-order valence-corrected chi connectivity index (χ2v) is 9.02. The van der Waals surface area contributed by atoms with Crippen LogP contribution in [0.25, 0.3) is 0 Å². The van der Waals surface area contributed by atoms with Gasteiger partial charge >= 0.3 is 0 Å². The van der Waals surface area contributed by atoms with E-state index in [1.165, 1.54) is 0 Å². The van der Waals surface area contributed by atoms with Crippen LogP contribution in [0, 0.1) is 0 Å². The van der Waals surface area contributed by atoms with Crippen molar-refractivity contribution in [1.82, 2.24) is 0 Å². The average molecular weight is 200 g/mol. The second-order valence-electron chi connectivity index (χ2n) is 3.95. The van der Waals surface area contributed by atoms with Crippen molar-refractivity contribution in [2.75, 3.05) is 14.2 Å². The maximum absolute atomic E-state index is 5.00. The third kappa shape index (κ3) is 7.96. The van der Waals surface area contributed by atoms with Crippen LogP contribution in [0.15, 0.2) is 23.9 Å². The predicted molar refractivity (Wildman–Crippen MR) is 59.4 cm³/mol. The number of methoxy groups -OCH3 is 2. The van der Waals surface area contributed by atoms with Crippen LogP contribution in [0.2, 0.25) is 19.6 Å². The topological polar surface area (TPSA) is 18.5 Å². The Balaban J connectivity index is 3.93. The van der Waals surface area contributed by atoms with Crippen LogP contribution < -0.4 is 0 Å². The van der Waals surface area contributed by atoms with Crippen molar-refractivity contribution >= 4 is 8.07 Å². The molecule has 0 aliphatic rings. The molecule has 0 bridgehead atoms. The van der Waals surface area contributed by atoms with Crippen LogP contribution in [-0.2, 0) is 9.47 Å². The summed E-state index contributed by atoms with van der Waals surface area (Å²) in [5, 5.41) is 0. The van der Waals surface area contributed by atoms with Crippen molar-refractivity contribution in [3.8, 4) is 0 Å². The van der Waals surface area contributed by atoms with Crippen molar-refractivity contribution in [1.29, 1.82) is 0 Å². The van der Waals surface area contributed by atoms with E-state index in [0.717, 1.165) is 0 Å². The number of hydrogen-bond donors (Lipinski definition) is 0. The van der Waals surface area contributed by atoms with Gasteiger partial charge in [0.25, 0.3) is 0 Å². The van der Waals surface area contributed by atoms with Gasteiger partial charge in [0.05, 0.1) is 8.07 Å². The first-order chi connectivity index (χ1) is 5.99. The maximum atomic E-state index is 5.00. The van der Waals surface area contributed by atoms with Crippen molar-refractivity contribution < 1.29 is 9.47 Å². The van der Waals surface area contributed by atoms with E-state index in [-0.39, 0.29) is 6.29 Å². The summed E-state index contributed by atoms with van der Waals surface area (Å²) in [5.74, 6) is 0. The molecule has 13 heavy (non-hydrogen) atoms. The minimum atomic E-state index is -1.06. The van der Waals surface area contributed by atoms with Gasteiger partial charge in [-0.2, -0.15) is 0 Å². The number of rotatable bonds is 5. The van der Waals surface area contributed by atoms with Crippen LogP contribution in [0.3, 0.4) is 0 Å². The SMILES string of the molecule is COC(/C=C/C=C/[Si](C)(C)C)OC. The lowest BCUT2D eigenvalue weighted by Gasteiger charge is -2.08. The van der Waals surface area contributed by atoms with Crippen LogP contribution in [0.1, 0.15) is 0 Å². The van der Waals surface area contributed by atoms with E-state index in [1.54, 1.807) is 14.2 Å². The summed E-state index contributed by atoms with van der Waals surface area (Å²) in [7, 11) is 2.19. The Bertz CT molecular complexity index is 176. The summed E-state index contributed by atoms with van der Waals surface area (Å²) >= 11 is 0. The fourth-order valence-electron chi connectivity index (χ4n) is 0.752. The first kappa shape index (κ1) is 12.6. The zero-order valence-corrected chi connectivity index (χ0v) is 10.2. The van der Waals surface area contributed by atoms with Gasteiger partial charge in [-0.1, -0.05) is 37.5 Å². The molecule has 76 valence electrons. The Hall–Kier alpha value is -0.383. The fourth-order valence-corrected chi connectivity index (χ4v) is 1.44. The van der Waals surface area contributed by atoms with Gasteiger partial charge in [-0.05, 0) is 6.08 Å². The molecule has 0 fully saturated rings. The molecular weight excluding hydrogens is 180 g/mol. The summed E-state index contributed by atoms with van der Waals surface area (Å²) in [6.07, 6.45) is 5.69. The minimum Gasteiger partial charge on any atom is -0.352 e. The fraction of sp³-hybridized carbons (Fsp3) is 0.600. The largest absolute Gasteiger partial charge is 0.352 e. The molecule has 0 aromatic carbocycles. The van der Waals surface area contributed by atoms with Gasteiger partial charge in [0, 0.05) is 14.2 Å². The molecule has 0 aromatic heterocycles. The molecule has 0 unspecified atom stereocenters. The maximum Gasteiger partial charge on any atom is 0.176 e. The average Bonchev–Trinajstić information content (AvgIpc) is 2.03. The van der Waals surface area contributed by atoms with Gasteiger partial charge in [-0.3, -0.25) is 0 Å². The summed E-state index contributed by atoms with van der Waals surface area (Å²) in [4.78, 5) is 0. The standard InChI is InChI=1S/C10H20O2Si/c1-11-10(12-2)8-6-7-9-13(3,4)5/h6-10H,1-5H3/b8-6+,9-7+. The lowest BCUT2D eigenvalue weighted by Crippen LogP contribution is -2.15. The van der Waals surface area contributed by atoms with Gasteiger partial charge in [-0.15, -0.1) is 0 Å². The van der Waals surface area contributed by atoms with Gasteiger partial charge in [-0.25, -0.2) is 0 Å². The molecule has 0 radical (unpaired) electrons. The molecule has 0 heterocycles. The van der Waals surface area contributed by atoms with E-state index in [4.69, 9.17) is 9.47 Å². The molecular formula is C10H20O2Si. The van der Waals surface area contributed by atoms with E-state index in [0.29, 0.717) is 0 Å². The monoisotopic (exact) mass is 200 g/mol. The summed E-state index contributed by atoms with van der Waals surface area (Å²) in [6.45, 7) is 6.88. The smallest absolute Gasteiger partial charge is 0.176 e. The van der Waals surface area contributed by atoms with Crippen LogP contribution >= 0.6 is 0 Å². The van der Waals surface area contributed by atoms with Gasteiger partial charge < -0.3 is 9.47 Å². The molecule has 0 aliphatic heterocycles. The Morgan fingerprint density at radius 3 is 1.92 bits per heavy atom. The molecule has 0 amide bonds. The third-order valence-corrected chi connectivity index (χ3v) is 2.63. The van der Waals surface area contributed by atoms with Crippen molar-refractivity contribution in [3.05, 3.63) is 23.9 Å². The van der Waals surface area contributed by atoms with Crippen LogP contribution in [0.5, 0.6) is 0 Å². The van der Waals surface area contributed by atoms with Gasteiger partial charge in [0.15, 0.2) is 6.29 Å². The van der Waals surface area contributed by atoms with E-state index < -0.39 is 8.07 Å². The lowest BCUT2D eigenvalue weighted by atomic mass is 10.5. The van der Waals surface area contributed by atoms with Crippen LogP contribution in [0.4, 0.5) is 0 Å². The molecule has 0 saturated carbocycles. The molecule has 2 nitrogen and oxygen atoms in total. The highest BCUT2D eigenvalue weighted by atomic mass is 28.3. The first-order valence-electron chi connectivity index (χ1n) is 4.41. The molecule has 0 saturated heterocycles. The van der Waals surface area contributed by atoms with E-state index in [9.17, 15) is 0 Å². The number of ether oxygens (including phenoxy) is 2. The summed E-state index contributed by atoms with van der Waals surface area (Å²) in [6, 6.07) is 0. The third-order valence-electron chi connectivity index (χ3n) is 1.44. The normalized spacial score (nSPS) is 13.7. The molecule has 0 aliphatic carbocycles. The Labute approximate surface area is 82.3 Å². The Morgan fingerprint density at radius 2 is 1.54 bits per heavy atom. The molecule has 3 heteroatoms. The zero-order chi connectivity index (χ0) is 10.3. The molecule has 0 atom stereocenters. The molecule has 0 spiro atoms. The highest BCUT2D eigenvalue weighted by molar-refractivity contribution is 6.80. The minimum absolute atomic E-state index is 0.230. The highest BCUT2D eigenvalue weighted by Gasteiger charge is 2.05. The summed E-state index contributed by atoms with van der Waals surface area (Å²) in [5.41, 5.74) is 2.27. The number of allylic oxidation sites excluding steroid dienone is 2. The summed E-state index contributed by atoms with van der Waals surface area (Å²) < 4.78 is 10.0. The van der Waals surface area contributed by atoms with Crippen molar-refractivity contribution in [3.63, 3.8) is 0 Å². The molecule has 0 N–H and O–H groups in total. The lowest BCUT2D eigenvalue weighted by molar-refractivity contribution is -0.0666. The second kappa shape index (κ2) is 6.13.